The Morgan fingerprint density at radius 1 is 1.41 bits per heavy atom. The molecule has 3 nitrogen and oxygen atoms in total. The van der Waals surface area contributed by atoms with Gasteiger partial charge in [-0.05, 0) is 24.1 Å². The summed E-state index contributed by atoms with van der Waals surface area (Å²) in [5.74, 6) is 3.22. The fourth-order valence-electron chi connectivity index (χ4n) is 1.38. The van der Waals surface area contributed by atoms with Crippen molar-refractivity contribution in [3.05, 3.63) is 29.8 Å². The third-order valence-corrected chi connectivity index (χ3v) is 2.38. The Morgan fingerprint density at radius 2 is 2.12 bits per heavy atom. The van der Waals surface area contributed by atoms with Gasteiger partial charge in [-0.2, -0.15) is 0 Å². The number of aliphatic hydroxyl groups is 1. The molecule has 1 unspecified atom stereocenters. The van der Waals surface area contributed by atoms with E-state index in [1.54, 1.807) is 0 Å². The van der Waals surface area contributed by atoms with Crippen molar-refractivity contribution in [2.45, 2.75) is 19.4 Å². The Morgan fingerprint density at radius 3 is 2.71 bits per heavy atom. The molecule has 0 saturated carbocycles. The number of nitrogens with one attached hydrogen (secondary N) is 1. The summed E-state index contributed by atoms with van der Waals surface area (Å²) in [4.78, 5) is 0. The lowest BCUT2D eigenvalue weighted by atomic mass is 10.2. The standard InChI is InChI=1S/C14H19NO2/c1-3-9-15-10-13(16)11-17-14-7-5-12(4-2)6-8-14/h1,5-8,13,15-16H,4,9-11H2,2H3. The van der Waals surface area contributed by atoms with E-state index in [2.05, 4.69) is 18.2 Å². The monoisotopic (exact) mass is 233 g/mol. The Labute approximate surface area is 103 Å². The van der Waals surface area contributed by atoms with E-state index in [0.29, 0.717) is 13.1 Å². The molecule has 0 aliphatic rings. The van der Waals surface area contributed by atoms with Crippen LogP contribution in [0.2, 0.25) is 0 Å². The number of hydrogen-bond donors (Lipinski definition) is 2. The number of terminal acetylenes is 1. The lowest BCUT2D eigenvalue weighted by Gasteiger charge is -2.12. The van der Waals surface area contributed by atoms with E-state index in [1.165, 1.54) is 5.56 Å². The van der Waals surface area contributed by atoms with Gasteiger partial charge in [0.1, 0.15) is 18.5 Å². The van der Waals surface area contributed by atoms with Crippen molar-refractivity contribution >= 4 is 0 Å². The number of rotatable bonds is 7. The molecular formula is C14H19NO2. The van der Waals surface area contributed by atoms with Crippen LogP contribution in [-0.4, -0.2) is 30.9 Å². The molecule has 0 spiro atoms. The number of benzene rings is 1. The van der Waals surface area contributed by atoms with E-state index in [1.807, 2.05) is 24.3 Å². The normalized spacial score (nSPS) is 11.8. The fourth-order valence-corrected chi connectivity index (χ4v) is 1.38. The molecule has 0 amide bonds. The van der Waals surface area contributed by atoms with Crippen molar-refractivity contribution in [3.8, 4) is 18.1 Å². The Kier molecular flexibility index (Phi) is 6.16. The highest BCUT2D eigenvalue weighted by atomic mass is 16.5. The molecule has 2 N–H and O–H groups in total. The van der Waals surface area contributed by atoms with Crippen molar-refractivity contribution in [2.24, 2.45) is 0 Å². The van der Waals surface area contributed by atoms with Crippen LogP contribution >= 0.6 is 0 Å². The first-order valence-electron chi connectivity index (χ1n) is 5.80. The molecule has 0 aromatic heterocycles. The second kappa shape index (κ2) is 7.72. The van der Waals surface area contributed by atoms with Gasteiger partial charge in [0.05, 0.1) is 6.54 Å². The second-order valence-electron chi connectivity index (χ2n) is 3.80. The summed E-state index contributed by atoms with van der Waals surface area (Å²) >= 11 is 0. The summed E-state index contributed by atoms with van der Waals surface area (Å²) in [6, 6.07) is 7.89. The molecular weight excluding hydrogens is 214 g/mol. The minimum absolute atomic E-state index is 0.267. The van der Waals surface area contributed by atoms with E-state index < -0.39 is 6.10 Å². The smallest absolute Gasteiger partial charge is 0.119 e. The lowest BCUT2D eigenvalue weighted by molar-refractivity contribution is 0.107. The van der Waals surface area contributed by atoms with Gasteiger partial charge in [0, 0.05) is 6.54 Å². The average molecular weight is 233 g/mol. The summed E-state index contributed by atoms with van der Waals surface area (Å²) in [6.07, 6.45) is 5.55. The van der Waals surface area contributed by atoms with Gasteiger partial charge < -0.3 is 15.2 Å². The van der Waals surface area contributed by atoms with Gasteiger partial charge in [-0.1, -0.05) is 25.0 Å². The van der Waals surface area contributed by atoms with Crippen molar-refractivity contribution in [1.82, 2.24) is 5.32 Å². The predicted octanol–water partition coefficient (Wildman–Crippen LogP) is 1.21. The first-order valence-corrected chi connectivity index (χ1v) is 5.80. The molecule has 1 aromatic rings. The maximum atomic E-state index is 9.58. The van der Waals surface area contributed by atoms with Crippen molar-refractivity contribution < 1.29 is 9.84 Å². The van der Waals surface area contributed by atoms with E-state index in [0.717, 1.165) is 12.2 Å². The third kappa shape index (κ3) is 5.39. The molecule has 1 atom stereocenters. The highest BCUT2D eigenvalue weighted by Gasteiger charge is 2.04. The first kappa shape index (κ1) is 13.6. The third-order valence-electron chi connectivity index (χ3n) is 2.38. The van der Waals surface area contributed by atoms with Gasteiger partial charge >= 0.3 is 0 Å². The number of ether oxygens (including phenoxy) is 1. The SMILES string of the molecule is C#CCNCC(O)COc1ccc(CC)cc1. The molecule has 17 heavy (non-hydrogen) atoms. The van der Waals surface area contributed by atoms with Crippen LogP contribution in [0.3, 0.4) is 0 Å². The lowest BCUT2D eigenvalue weighted by Crippen LogP contribution is -2.31. The van der Waals surface area contributed by atoms with Crippen LogP contribution in [0, 0.1) is 12.3 Å². The molecule has 1 rings (SSSR count). The van der Waals surface area contributed by atoms with Crippen LogP contribution in [0.25, 0.3) is 0 Å². The zero-order valence-electron chi connectivity index (χ0n) is 10.1. The number of aryl methyl sites for hydroxylation is 1. The van der Waals surface area contributed by atoms with E-state index >= 15 is 0 Å². The van der Waals surface area contributed by atoms with Crippen LogP contribution in [0.4, 0.5) is 0 Å². The van der Waals surface area contributed by atoms with Gasteiger partial charge in [-0.25, -0.2) is 0 Å². The molecule has 0 heterocycles. The quantitative estimate of drug-likeness (QED) is 0.549. The molecule has 0 saturated heterocycles. The predicted molar refractivity (Wildman–Crippen MR) is 69.0 cm³/mol. The minimum Gasteiger partial charge on any atom is -0.491 e. The maximum absolute atomic E-state index is 9.58. The van der Waals surface area contributed by atoms with Gasteiger partial charge in [0.15, 0.2) is 0 Å². The van der Waals surface area contributed by atoms with Gasteiger partial charge in [-0.3, -0.25) is 0 Å². The molecule has 92 valence electrons. The summed E-state index contributed by atoms with van der Waals surface area (Å²) < 4.78 is 5.46. The van der Waals surface area contributed by atoms with Crippen molar-refractivity contribution in [3.63, 3.8) is 0 Å². The Balaban J connectivity index is 2.27. The van der Waals surface area contributed by atoms with Crippen LogP contribution in [0.15, 0.2) is 24.3 Å². The molecule has 0 aliphatic heterocycles. The molecule has 1 aromatic carbocycles. The van der Waals surface area contributed by atoms with Gasteiger partial charge in [0.25, 0.3) is 0 Å². The van der Waals surface area contributed by atoms with Crippen molar-refractivity contribution in [1.29, 1.82) is 0 Å². The number of aliphatic hydroxyl groups excluding tert-OH is 1. The second-order valence-corrected chi connectivity index (χ2v) is 3.80. The highest BCUT2D eigenvalue weighted by Crippen LogP contribution is 2.12. The summed E-state index contributed by atoms with van der Waals surface area (Å²) in [5, 5.41) is 12.5. The topological polar surface area (TPSA) is 41.5 Å². The molecule has 0 radical (unpaired) electrons. The van der Waals surface area contributed by atoms with E-state index in [4.69, 9.17) is 11.2 Å². The van der Waals surface area contributed by atoms with Crippen LogP contribution in [0.5, 0.6) is 5.75 Å². The fraction of sp³-hybridized carbons (Fsp3) is 0.429. The van der Waals surface area contributed by atoms with E-state index in [9.17, 15) is 5.11 Å². The summed E-state index contributed by atoms with van der Waals surface area (Å²) in [5.41, 5.74) is 1.27. The Hall–Kier alpha value is -1.50. The highest BCUT2D eigenvalue weighted by molar-refractivity contribution is 5.27. The molecule has 0 fully saturated rings. The van der Waals surface area contributed by atoms with Crippen molar-refractivity contribution in [2.75, 3.05) is 19.7 Å². The van der Waals surface area contributed by atoms with Gasteiger partial charge in [0.2, 0.25) is 0 Å². The number of hydrogen-bond acceptors (Lipinski definition) is 3. The summed E-state index contributed by atoms with van der Waals surface area (Å²) in [7, 11) is 0. The van der Waals surface area contributed by atoms with Gasteiger partial charge in [-0.15, -0.1) is 6.42 Å². The minimum atomic E-state index is -0.547. The van der Waals surface area contributed by atoms with Crippen LogP contribution in [0.1, 0.15) is 12.5 Å². The molecule has 3 heteroatoms. The summed E-state index contributed by atoms with van der Waals surface area (Å²) in [6.45, 7) is 3.28. The largest absolute Gasteiger partial charge is 0.491 e. The molecule has 0 aliphatic carbocycles. The first-order chi connectivity index (χ1) is 8.26. The van der Waals surface area contributed by atoms with E-state index in [-0.39, 0.29) is 6.61 Å². The average Bonchev–Trinajstić information content (AvgIpc) is 2.37. The Bertz CT molecular complexity index is 353. The zero-order chi connectivity index (χ0) is 12.5. The zero-order valence-corrected chi connectivity index (χ0v) is 10.1. The molecule has 0 bridgehead atoms. The maximum Gasteiger partial charge on any atom is 0.119 e. The van der Waals surface area contributed by atoms with Crippen LogP contribution in [-0.2, 0) is 6.42 Å². The van der Waals surface area contributed by atoms with Crippen LogP contribution < -0.4 is 10.1 Å².